The number of methoxy groups -OCH3 is 1. The first-order chi connectivity index (χ1) is 13.2. The molecule has 0 unspecified atom stereocenters. The molecule has 0 aliphatic heterocycles. The van der Waals surface area contributed by atoms with Crippen LogP contribution in [0.4, 0.5) is 5.95 Å². The van der Waals surface area contributed by atoms with Gasteiger partial charge in [-0.1, -0.05) is 48.4 Å². The van der Waals surface area contributed by atoms with Crippen molar-refractivity contribution in [3.05, 3.63) is 58.4 Å². The van der Waals surface area contributed by atoms with Crippen molar-refractivity contribution in [2.24, 2.45) is 5.92 Å². The highest BCUT2D eigenvalue weighted by Gasteiger charge is 2.28. The van der Waals surface area contributed by atoms with Gasteiger partial charge in [-0.15, -0.1) is 0 Å². The second kappa shape index (κ2) is 7.69. The first-order valence-corrected chi connectivity index (χ1v) is 9.69. The highest BCUT2D eigenvalue weighted by Crippen LogP contribution is 2.35. The summed E-state index contributed by atoms with van der Waals surface area (Å²) >= 11 is 6.41. The van der Waals surface area contributed by atoms with Crippen LogP contribution in [0.2, 0.25) is 5.02 Å². The summed E-state index contributed by atoms with van der Waals surface area (Å²) in [5.41, 5.74) is 4.26. The molecule has 1 N–H and O–H groups in total. The summed E-state index contributed by atoms with van der Waals surface area (Å²) in [5, 5.41) is 3.93. The zero-order valence-electron chi connectivity index (χ0n) is 15.2. The van der Waals surface area contributed by atoms with Crippen LogP contribution in [0.1, 0.15) is 42.5 Å². The summed E-state index contributed by atoms with van der Waals surface area (Å²) in [6.07, 6.45) is 8.28. The standard InChI is InChI=1S/C21H22ClN3O2/c1-27-20(26)14-6-4-7-15(11-14)24-21-23-12-18(22)19(25-21)17-10-9-13-5-2-3-8-16(13)17/h2-3,5,8,10,12,14-15H,4,6-7,9,11H2,1H3,(H,23,24,25)/t14-,15+/m0/s1. The Bertz CT molecular complexity index is 897. The number of allylic oxidation sites excluding steroid dienone is 1. The first-order valence-electron chi connectivity index (χ1n) is 9.31. The molecule has 5 nitrogen and oxygen atoms in total. The molecule has 6 heteroatoms. The monoisotopic (exact) mass is 383 g/mol. The topological polar surface area (TPSA) is 64.1 Å². The fourth-order valence-corrected chi connectivity index (χ4v) is 4.21. The van der Waals surface area contributed by atoms with E-state index >= 15 is 0 Å². The van der Waals surface area contributed by atoms with Crippen molar-refractivity contribution in [2.45, 2.75) is 38.1 Å². The van der Waals surface area contributed by atoms with E-state index in [1.807, 2.05) is 12.1 Å². The number of hydrogen-bond donors (Lipinski definition) is 1. The lowest BCUT2D eigenvalue weighted by atomic mass is 9.86. The van der Waals surface area contributed by atoms with E-state index in [2.05, 4.69) is 28.5 Å². The van der Waals surface area contributed by atoms with Gasteiger partial charge in [-0.05, 0) is 36.8 Å². The summed E-state index contributed by atoms with van der Waals surface area (Å²) in [5.74, 6) is 0.361. The molecule has 2 aromatic rings. The van der Waals surface area contributed by atoms with Crippen molar-refractivity contribution in [3.8, 4) is 0 Å². The van der Waals surface area contributed by atoms with Gasteiger partial charge in [-0.3, -0.25) is 4.79 Å². The quantitative estimate of drug-likeness (QED) is 0.799. The van der Waals surface area contributed by atoms with E-state index in [0.717, 1.165) is 43.4 Å². The summed E-state index contributed by atoms with van der Waals surface area (Å²) < 4.78 is 4.90. The molecule has 0 amide bonds. The number of halogens is 1. The van der Waals surface area contributed by atoms with E-state index in [9.17, 15) is 4.79 Å². The van der Waals surface area contributed by atoms with Crippen LogP contribution >= 0.6 is 11.6 Å². The van der Waals surface area contributed by atoms with Crippen LogP contribution in [0.15, 0.2) is 36.5 Å². The predicted octanol–water partition coefficient (Wildman–Crippen LogP) is 4.26. The number of carbonyl (C=O) groups excluding carboxylic acids is 1. The number of aromatic nitrogens is 2. The summed E-state index contributed by atoms with van der Waals surface area (Å²) in [6, 6.07) is 8.46. The molecule has 1 heterocycles. The predicted molar refractivity (Wildman–Crippen MR) is 106 cm³/mol. The number of fused-ring (bicyclic) bond motifs is 1. The molecule has 0 bridgehead atoms. The number of anilines is 1. The zero-order valence-corrected chi connectivity index (χ0v) is 16.0. The van der Waals surface area contributed by atoms with E-state index in [-0.39, 0.29) is 17.9 Å². The maximum absolute atomic E-state index is 11.8. The van der Waals surface area contributed by atoms with E-state index in [4.69, 9.17) is 21.3 Å². The Morgan fingerprint density at radius 3 is 3.00 bits per heavy atom. The zero-order chi connectivity index (χ0) is 18.8. The SMILES string of the molecule is COC(=O)[C@H]1CCC[C@@H](Nc2ncc(Cl)c(C3=CCc4ccccc43)n2)C1. The molecule has 0 spiro atoms. The van der Waals surface area contributed by atoms with Crippen LogP contribution in [-0.2, 0) is 16.0 Å². The molecule has 1 aromatic heterocycles. The Morgan fingerprint density at radius 1 is 1.30 bits per heavy atom. The number of esters is 1. The number of hydrogen-bond acceptors (Lipinski definition) is 5. The Kier molecular flexibility index (Phi) is 5.12. The summed E-state index contributed by atoms with van der Waals surface area (Å²) in [6.45, 7) is 0. The summed E-state index contributed by atoms with van der Waals surface area (Å²) in [7, 11) is 1.45. The fraction of sp³-hybridized carbons (Fsp3) is 0.381. The highest BCUT2D eigenvalue weighted by atomic mass is 35.5. The molecule has 27 heavy (non-hydrogen) atoms. The van der Waals surface area contributed by atoms with Gasteiger partial charge in [-0.2, -0.15) is 0 Å². The smallest absolute Gasteiger partial charge is 0.308 e. The van der Waals surface area contributed by atoms with Gasteiger partial charge in [0, 0.05) is 11.6 Å². The Hall–Kier alpha value is -2.40. The molecule has 2 aliphatic rings. The van der Waals surface area contributed by atoms with E-state index in [1.165, 1.54) is 18.2 Å². The molecule has 2 aliphatic carbocycles. The molecule has 1 fully saturated rings. The molecular weight excluding hydrogens is 362 g/mol. The summed E-state index contributed by atoms with van der Waals surface area (Å²) in [4.78, 5) is 20.9. The third-order valence-corrected chi connectivity index (χ3v) is 5.65. The van der Waals surface area contributed by atoms with Gasteiger partial charge in [-0.25, -0.2) is 9.97 Å². The van der Waals surface area contributed by atoms with Crippen LogP contribution in [0, 0.1) is 5.92 Å². The van der Waals surface area contributed by atoms with Gasteiger partial charge >= 0.3 is 5.97 Å². The highest BCUT2D eigenvalue weighted by molar-refractivity contribution is 6.32. The van der Waals surface area contributed by atoms with Gasteiger partial charge in [0.15, 0.2) is 0 Å². The van der Waals surface area contributed by atoms with Crippen molar-refractivity contribution in [3.63, 3.8) is 0 Å². The lowest BCUT2D eigenvalue weighted by Gasteiger charge is -2.28. The van der Waals surface area contributed by atoms with Gasteiger partial charge in [0.05, 0.1) is 29.9 Å². The third-order valence-electron chi connectivity index (χ3n) is 5.37. The lowest BCUT2D eigenvalue weighted by Crippen LogP contribution is -2.32. The van der Waals surface area contributed by atoms with Crippen molar-refractivity contribution in [1.82, 2.24) is 9.97 Å². The van der Waals surface area contributed by atoms with Gasteiger partial charge in [0.1, 0.15) is 0 Å². The first kappa shape index (κ1) is 18.0. The Morgan fingerprint density at radius 2 is 2.15 bits per heavy atom. The fourth-order valence-electron chi connectivity index (χ4n) is 4.02. The molecule has 4 rings (SSSR count). The number of benzene rings is 1. The van der Waals surface area contributed by atoms with Crippen LogP contribution in [0.25, 0.3) is 5.57 Å². The van der Waals surface area contributed by atoms with Gasteiger partial charge in [0.25, 0.3) is 0 Å². The van der Waals surface area contributed by atoms with Crippen LogP contribution in [0.3, 0.4) is 0 Å². The largest absolute Gasteiger partial charge is 0.469 e. The second-order valence-corrected chi connectivity index (χ2v) is 7.50. The molecule has 0 radical (unpaired) electrons. The molecule has 0 saturated heterocycles. The average Bonchev–Trinajstić information content (AvgIpc) is 3.13. The number of nitrogens with zero attached hydrogens (tertiary/aromatic N) is 2. The molecule has 1 saturated carbocycles. The number of ether oxygens (including phenoxy) is 1. The number of rotatable bonds is 4. The van der Waals surface area contributed by atoms with Gasteiger partial charge in [0.2, 0.25) is 5.95 Å². The maximum Gasteiger partial charge on any atom is 0.308 e. The maximum atomic E-state index is 11.8. The van der Waals surface area contributed by atoms with Crippen LogP contribution in [-0.4, -0.2) is 29.1 Å². The Labute approximate surface area is 163 Å². The van der Waals surface area contributed by atoms with E-state index in [1.54, 1.807) is 6.20 Å². The molecule has 2 atom stereocenters. The minimum atomic E-state index is -0.132. The normalized spacial score (nSPS) is 21.3. The van der Waals surface area contributed by atoms with Crippen LogP contribution in [0.5, 0.6) is 0 Å². The van der Waals surface area contributed by atoms with Crippen molar-refractivity contribution >= 4 is 29.1 Å². The van der Waals surface area contributed by atoms with Gasteiger partial charge < -0.3 is 10.1 Å². The van der Waals surface area contributed by atoms with E-state index < -0.39 is 0 Å². The van der Waals surface area contributed by atoms with Crippen molar-refractivity contribution in [1.29, 1.82) is 0 Å². The van der Waals surface area contributed by atoms with Crippen LogP contribution < -0.4 is 5.32 Å². The van der Waals surface area contributed by atoms with Crippen molar-refractivity contribution in [2.75, 3.05) is 12.4 Å². The number of nitrogens with one attached hydrogen (secondary N) is 1. The average molecular weight is 384 g/mol. The second-order valence-electron chi connectivity index (χ2n) is 7.10. The third kappa shape index (κ3) is 3.69. The molecule has 140 valence electrons. The molecule has 1 aromatic carbocycles. The number of carbonyl (C=O) groups is 1. The lowest BCUT2D eigenvalue weighted by molar-refractivity contribution is -0.146. The minimum absolute atomic E-state index is 0.0579. The minimum Gasteiger partial charge on any atom is -0.469 e. The Balaban J connectivity index is 1.54. The molecular formula is C21H22ClN3O2. The van der Waals surface area contributed by atoms with Crippen molar-refractivity contribution < 1.29 is 9.53 Å². The van der Waals surface area contributed by atoms with E-state index in [0.29, 0.717) is 11.0 Å².